The zero-order chi connectivity index (χ0) is 20.8. The summed E-state index contributed by atoms with van der Waals surface area (Å²) >= 11 is 2.25. The Hall–Kier alpha value is -1.87. The third-order valence-corrected chi connectivity index (χ3v) is 6.32. The number of methoxy groups -OCH3 is 2. The maximum Gasteiger partial charge on any atom is 0.132 e. The number of rotatable bonds is 7. The molecule has 0 spiro atoms. The molecule has 0 aromatic heterocycles. The van der Waals surface area contributed by atoms with Crippen LogP contribution >= 0.6 is 22.6 Å². The molecule has 0 saturated carbocycles. The Kier molecular flexibility index (Phi) is 7.71. The molecule has 0 aliphatic carbocycles. The number of piperidine rings is 1. The van der Waals surface area contributed by atoms with Crippen molar-refractivity contribution in [3.63, 3.8) is 0 Å². The molecule has 1 aliphatic heterocycles. The van der Waals surface area contributed by atoms with Gasteiger partial charge in [-0.1, -0.05) is 17.3 Å². The first kappa shape index (κ1) is 21.8. The van der Waals surface area contributed by atoms with Gasteiger partial charge in [-0.3, -0.25) is 0 Å². The number of halogens is 2. The van der Waals surface area contributed by atoms with Crippen LogP contribution in [0.25, 0.3) is 0 Å². The highest BCUT2D eigenvalue weighted by Gasteiger charge is 2.25. The van der Waals surface area contributed by atoms with Crippen LogP contribution in [0, 0.1) is 15.3 Å². The van der Waals surface area contributed by atoms with E-state index in [1.165, 1.54) is 12.1 Å². The molecule has 0 atom stereocenters. The number of ether oxygens (including phenoxy) is 2. The van der Waals surface area contributed by atoms with Gasteiger partial charge in [0.2, 0.25) is 0 Å². The Balaban J connectivity index is 1.58. The normalized spacial score (nSPS) is 16.1. The fraction of sp³-hybridized carbons (Fsp3) is 0.409. The highest BCUT2D eigenvalue weighted by Crippen LogP contribution is 2.31. The molecule has 156 valence electrons. The molecule has 0 bridgehead atoms. The number of nitrogens with zero attached hydrogens (tertiary/aromatic N) is 2. The fourth-order valence-electron chi connectivity index (χ4n) is 3.82. The molecule has 7 heteroatoms. The lowest BCUT2D eigenvalue weighted by atomic mass is 9.88. The highest BCUT2D eigenvalue weighted by atomic mass is 127. The minimum Gasteiger partial charge on any atom is -0.496 e. The van der Waals surface area contributed by atoms with Crippen LogP contribution in [0.2, 0.25) is 0 Å². The van der Waals surface area contributed by atoms with E-state index in [0.29, 0.717) is 5.71 Å². The largest absolute Gasteiger partial charge is 0.496 e. The summed E-state index contributed by atoms with van der Waals surface area (Å²) in [6.45, 7) is 2.78. The van der Waals surface area contributed by atoms with Crippen LogP contribution in [0.1, 0.15) is 24.0 Å². The van der Waals surface area contributed by atoms with Gasteiger partial charge in [-0.25, -0.2) is 4.39 Å². The molecule has 0 unspecified atom stereocenters. The van der Waals surface area contributed by atoms with E-state index in [1.807, 2.05) is 6.07 Å². The Labute approximate surface area is 184 Å². The van der Waals surface area contributed by atoms with Crippen molar-refractivity contribution in [3.05, 3.63) is 56.9 Å². The van der Waals surface area contributed by atoms with Gasteiger partial charge in [0.25, 0.3) is 0 Å². The van der Waals surface area contributed by atoms with Crippen molar-refractivity contribution in [2.24, 2.45) is 11.1 Å². The minimum atomic E-state index is -0.288. The molecular formula is C22H26FIN2O3. The van der Waals surface area contributed by atoms with Crippen LogP contribution in [-0.2, 0) is 6.42 Å². The van der Waals surface area contributed by atoms with Gasteiger partial charge in [0.05, 0.1) is 23.5 Å². The van der Waals surface area contributed by atoms with Gasteiger partial charge in [0, 0.05) is 12.5 Å². The van der Waals surface area contributed by atoms with Crippen molar-refractivity contribution in [2.75, 3.05) is 33.9 Å². The zero-order valence-corrected chi connectivity index (χ0v) is 18.9. The molecule has 3 rings (SSSR count). The van der Waals surface area contributed by atoms with E-state index in [-0.39, 0.29) is 11.7 Å². The lowest BCUT2D eigenvalue weighted by molar-refractivity contribution is 0.208. The van der Waals surface area contributed by atoms with Crippen LogP contribution < -0.4 is 9.47 Å². The molecule has 1 fully saturated rings. The monoisotopic (exact) mass is 512 g/mol. The lowest BCUT2D eigenvalue weighted by Gasteiger charge is -2.32. The topological polar surface area (TPSA) is 54.3 Å². The second kappa shape index (κ2) is 10.2. The van der Waals surface area contributed by atoms with Gasteiger partial charge >= 0.3 is 0 Å². The molecule has 5 nitrogen and oxygen atoms in total. The molecule has 29 heavy (non-hydrogen) atoms. The quantitative estimate of drug-likeness (QED) is 0.256. The van der Waals surface area contributed by atoms with Crippen molar-refractivity contribution in [3.8, 4) is 11.5 Å². The lowest BCUT2D eigenvalue weighted by Crippen LogP contribution is -2.37. The van der Waals surface area contributed by atoms with Gasteiger partial charge in [-0.05, 0) is 90.3 Å². The molecule has 2 aromatic carbocycles. The second-order valence-electron chi connectivity index (χ2n) is 7.16. The van der Waals surface area contributed by atoms with E-state index in [1.54, 1.807) is 26.4 Å². The van der Waals surface area contributed by atoms with E-state index in [2.05, 4.69) is 38.7 Å². The zero-order valence-electron chi connectivity index (χ0n) is 16.7. The number of hydrogen-bond acceptors (Lipinski definition) is 5. The number of benzene rings is 2. The van der Waals surface area contributed by atoms with E-state index >= 15 is 0 Å². The molecule has 1 heterocycles. The Morgan fingerprint density at radius 1 is 1.14 bits per heavy atom. The maximum absolute atomic E-state index is 13.2. The van der Waals surface area contributed by atoms with Crippen molar-refractivity contribution >= 4 is 28.3 Å². The molecule has 0 amide bonds. The van der Waals surface area contributed by atoms with Crippen molar-refractivity contribution in [2.45, 2.75) is 19.3 Å². The SMILES string of the molecule is COc1cc(CCN2CCC(/C(=N\O)c3ccc(F)cc3)CC2)c(OC)cc1I. The summed E-state index contributed by atoms with van der Waals surface area (Å²) < 4.78 is 25.2. The van der Waals surface area contributed by atoms with Gasteiger partial charge in [-0.2, -0.15) is 0 Å². The highest BCUT2D eigenvalue weighted by molar-refractivity contribution is 14.1. The van der Waals surface area contributed by atoms with Crippen LogP contribution in [0.5, 0.6) is 11.5 Å². The number of likely N-dealkylation sites (tertiary alicyclic amines) is 1. The Morgan fingerprint density at radius 2 is 1.79 bits per heavy atom. The molecule has 1 aliphatic rings. The van der Waals surface area contributed by atoms with Gasteiger partial charge < -0.3 is 19.6 Å². The van der Waals surface area contributed by atoms with Crippen LogP contribution in [0.4, 0.5) is 4.39 Å². The molecule has 2 aromatic rings. The van der Waals surface area contributed by atoms with E-state index in [0.717, 1.165) is 65.1 Å². The fourth-order valence-corrected chi connectivity index (χ4v) is 4.48. The number of hydrogen-bond donors (Lipinski definition) is 1. The summed E-state index contributed by atoms with van der Waals surface area (Å²) in [6, 6.07) is 10.2. The first-order valence-electron chi connectivity index (χ1n) is 9.66. The predicted molar refractivity (Wildman–Crippen MR) is 120 cm³/mol. The first-order valence-corrected chi connectivity index (χ1v) is 10.7. The van der Waals surface area contributed by atoms with Gasteiger partial charge in [0.1, 0.15) is 17.3 Å². The van der Waals surface area contributed by atoms with Crippen molar-refractivity contribution in [1.29, 1.82) is 0 Å². The standard InChI is InChI=1S/C22H26FIN2O3/c1-28-20-14-19(24)21(29-2)13-17(20)9-12-26-10-7-16(8-11-26)22(25-27)15-3-5-18(23)6-4-15/h3-6,13-14,16,27H,7-12H2,1-2H3/b25-22-. The van der Waals surface area contributed by atoms with Gasteiger partial charge in [0.15, 0.2) is 0 Å². The van der Waals surface area contributed by atoms with E-state index < -0.39 is 0 Å². The average molecular weight is 512 g/mol. The van der Waals surface area contributed by atoms with Crippen LogP contribution in [-0.4, -0.2) is 49.7 Å². The summed E-state index contributed by atoms with van der Waals surface area (Å²) in [5, 5.41) is 13.0. The Morgan fingerprint density at radius 3 is 2.38 bits per heavy atom. The smallest absolute Gasteiger partial charge is 0.132 e. The summed E-state index contributed by atoms with van der Waals surface area (Å²) in [4.78, 5) is 2.42. The third-order valence-electron chi connectivity index (χ3n) is 5.47. The van der Waals surface area contributed by atoms with Crippen molar-refractivity contribution < 1.29 is 19.1 Å². The van der Waals surface area contributed by atoms with Crippen molar-refractivity contribution in [1.82, 2.24) is 4.90 Å². The van der Waals surface area contributed by atoms with Gasteiger partial charge in [-0.15, -0.1) is 0 Å². The third kappa shape index (κ3) is 5.39. The summed E-state index contributed by atoms with van der Waals surface area (Å²) in [7, 11) is 3.37. The summed E-state index contributed by atoms with van der Waals surface area (Å²) in [5.74, 6) is 1.64. The van der Waals surface area contributed by atoms with Crippen LogP contribution in [0.3, 0.4) is 0 Å². The van der Waals surface area contributed by atoms with E-state index in [4.69, 9.17) is 9.47 Å². The maximum atomic E-state index is 13.2. The molecule has 1 N–H and O–H groups in total. The Bertz CT molecular complexity index is 850. The summed E-state index contributed by atoms with van der Waals surface area (Å²) in [6.07, 6.45) is 2.69. The van der Waals surface area contributed by atoms with E-state index in [9.17, 15) is 9.60 Å². The average Bonchev–Trinajstić information content (AvgIpc) is 2.75. The predicted octanol–water partition coefficient (Wildman–Crippen LogP) is 4.58. The molecule has 1 saturated heterocycles. The minimum absolute atomic E-state index is 0.176. The molecular weight excluding hydrogens is 486 g/mol. The van der Waals surface area contributed by atoms with Crippen LogP contribution in [0.15, 0.2) is 41.6 Å². The second-order valence-corrected chi connectivity index (χ2v) is 8.32. The summed E-state index contributed by atoms with van der Waals surface area (Å²) in [5.41, 5.74) is 2.56. The molecule has 0 radical (unpaired) electrons. The number of oxime groups is 1. The first-order chi connectivity index (χ1) is 14.0.